The lowest BCUT2D eigenvalue weighted by atomic mass is 10.2. The fourth-order valence-corrected chi connectivity index (χ4v) is 2.09. The summed E-state index contributed by atoms with van der Waals surface area (Å²) in [5.74, 6) is 0.533. The van der Waals surface area contributed by atoms with E-state index in [4.69, 9.17) is 15.6 Å². The summed E-state index contributed by atoms with van der Waals surface area (Å²) in [6, 6.07) is 0. The number of aliphatic hydroxyl groups is 2. The number of aliphatic hydroxyl groups excluding tert-OH is 2. The zero-order chi connectivity index (χ0) is 14.0. The molecule has 19 heavy (non-hydrogen) atoms. The second-order valence-corrected chi connectivity index (χ2v) is 4.35. The van der Waals surface area contributed by atoms with Crippen molar-refractivity contribution in [2.75, 3.05) is 6.61 Å². The molecule has 1 fully saturated rings. The Morgan fingerprint density at radius 2 is 2.53 bits per heavy atom. The highest BCUT2D eigenvalue weighted by Crippen LogP contribution is 2.34. The van der Waals surface area contributed by atoms with Gasteiger partial charge in [-0.15, -0.1) is 0 Å². The van der Waals surface area contributed by atoms with Crippen LogP contribution in [0.15, 0.2) is 17.9 Å². The number of aliphatic imine (C=N–C) groups is 1. The van der Waals surface area contributed by atoms with E-state index in [1.54, 1.807) is 24.0 Å². The fraction of sp³-hybridized carbons (Fsp3) is 0.500. The third-order valence-electron chi connectivity index (χ3n) is 3.02. The van der Waals surface area contributed by atoms with Gasteiger partial charge >= 0.3 is 0 Å². The molecule has 1 aromatic rings. The molecular weight excluding hydrogens is 248 g/mol. The van der Waals surface area contributed by atoms with E-state index in [1.165, 1.54) is 0 Å². The van der Waals surface area contributed by atoms with Crippen LogP contribution in [0, 0.1) is 0 Å². The van der Waals surface area contributed by atoms with E-state index in [0.717, 1.165) is 0 Å². The Morgan fingerprint density at radius 1 is 1.79 bits per heavy atom. The SMILES string of the molecule is C=C(N)c1ncn([C@H]2C[C@@H](O)[C@@H](CO)O2)c1/N=C\C. The normalized spacial score (nSPS) is 27.2. The van der Waals surface area contributed by atoms with Crippen molar-refractivity contribution in [3.05, 3.63) is 18.6 Å². The van der Waals surface area contributed by atoms with Gasteiger partial charge in [-0.2, -0.15) is 0 Å². The average molecular weight is 266 g/mol. The predicted octanol–water partition coefficient (Wildman–Crippen LogP) is 0.175. The van der Waals surface area contributed by atoms with Crippen molar-refractivity contribution in [1.29, 1.82) is 0 Å². The molecule has 0 bridgehead atoms. The minimum absolute atomic E-state index is 0.227. The Kier molecular flexibility index (Phi) is 3.98. The third kappa shape index (κ3) is 2.53. The molecule has 2 heterocycles. The lowest BCUT2D eigenvalue weighted by Gasteiger charge is -2.14. The van der Waals surface area contributed by atoms with Crippen molar-refractivity contribution >= 4 is 17.7 Å². The molecule has 1 aliphatic rings. The van der Waals surface area contributed by atoms with E-state index >= 15 is 0 Å². The summed E-state index contributed by atoms with van der Waals surface area (Å²) in [5.41, 5.74) is 6.47. The molecule has 0 aromatic carbocycles. The van der Waals surface area contributed by atoms with Crippen LogP contribution in [0.2, 0.25) is 0 Å². The summed E-state index contributed by atoms with van der Waals surface area (Å²) in [5, 5.41) is 18.9. The van der Waals surface area contributed by atoms with Crippen LogP contribution in [-0.4, -0.2) is 44.8 Å². The molecule has 4 N–H and O–H groups in total. The summed E-state index contributed by atoms with van der Waals surface area (Å²) in [6.45, 7) is 5.20. The van der Waals surface area contributed by atoms with Crippen LogP contribution in [0.4, 0.5) is 5.82 Å². The van der Waals surface area contributed by atoms with Crippen molar-refractivity contribution in [3.63, 3.8) is 0 Å². The van der Waals surface area contributed by atoms with Crippen molar-refractivity contribution in [3.8, 4) is 0 Å². The maximum atomic E-state index is 9.76. The van der Waals surface area contributed by atoms with Gasteiger partial charge in [-0.25, -0.2) is 9.98 Å². The zero-order valence-electron chi connectivity index (χ0n) is 10.7. The monoisotopic (exact) mass is 266 g/mol. The lowest BCUT2D eigenvalue weighted by Crippen LogP contribution is -2.24. The van der Waals surface area contributed by atoms with Crippen molar-refractivity contribution in [2.45, 2.75) is 31.8 Å². The van der Waals surface area contributed by atoms with Gasteiger partial charge in [0.15, 0.2) is 5.82 Å². The van der Waals surface area contributed by atoms with Gasteiger partial charge in [0.2, 0.25) is 0 Å². The van der Waals surface area contributed by atoms with Crippen LogP contribution >= 0.6 is 0 Å². The first-order chi connectivity index (χ1) is 9.08. The maximum absolute atomic E-state index is 9.76. The van der Waals surface area contributed by atoms with E-state index < -0.39 is 18.4 Å². The third-order valence-corrected chi connectivity index (χ3v) is 3.02. The van der Waals surface area contributed by atoms with Crippen LogP contribution in [0.5, 0.6) is 0 Å². The topological polar surface area (TPSA) is 106 Å². The first kappa shape index (κ1) is 13.7. The second kappa shape index (κ2) is 5.52. The molecule has 1 aliphatic heterocycles. The van der Waals surface area contributed by atoms with Gasteiger partial charge in [-0.1, -0.05) is 6.58 Å². The van der Waals surface area contributed by atoms with Crippen LogP contribution in [0.1, 0.15) is 25.3 Å². The van der Waals surface area contributed by atoms with Crippen molar-refractivity contribution in [2.24, 2.45) is 10.7 Å². The molecule has 3 atom stereocenters. The molecular formula is C12H18N4O3. The number of imidazole rings is 1. The smallest absolute Gasteiger partial charge is 0.163 e. The average Bonchev–Trinajstić information content (AvgIpc) is 2.93. The van der Waals surface area contributed by atoms with Gasteiger partial charge < -0.3 is 20.7 Å². The van der Waals surface area contributed by atoms with Gasteiger partial charge in [0.25, 0.3) is 0 Å². The number of hydrogen-bond acceptors (Lipinski definition) is 6. The van der Waals surface area contributed by atoms with E-state index in [2.05, 4.69) is 16.6 Å². The van der Waals surface area contributed by atoms with Gasteiger partial charge in [0.05, 0.1) is 24.7 Å². The minimum Gasteiger partial charge on any atom is -0.397 e. The Hall–Kier alpha value is -1.70. The van der Waals surface area contributed by atoms with E-state index in [0.29, 0.717) is 23.6 Å². The summed E-state index contributed by atoms with van der Waals surface area (Å²) in [7, 11) is 0. The summed E-state index contributed by atoms with van der Waals surface area (Å²) in [6.07, 6.45) is 1.81. The largest absolute Gasteiger partial charge is 0.397 e. The Bertz CT molecular complexity index is 497. The summed E-state index contributed by atoms with van der Waals surface area (Å²) >= 11 is 0. The number of rotatable bonds is 4. The van der Waals surface area contributed by atoms with Crippen LogP contribution < -0.4 is 5.73 Å². The highest BCUT2D eigenvalue weighted by atomic mass is 16.5. The Morgan fingerprint density at radius 3 is 3.05 bits per heavy atom. The first-order valence-corrected chi connectivity index (χ1v) is 6.03. The van der Waals surface area contributed by atoms with Crippen molar-refractivity contribution < 1.29 is 14.9 Å². The van der Waals surface area contributed by atoms with Gasteiger partial charge in [0, 0.05) is 12.6 Å². The van der Waals surface area contributed by atoms with E-state index in [9.17, 15) is 5.11 Å². The molecule has 0 aliphatic carbocycles. The van der Waals surface area contributed by atoms with Gasteiger partial charge in [-0.05, 0) is 6.92 Å². The minimum atomic E-state index is -0.708. The molecule has 2 rings (SSSR count). The molecule has 7 heteroatoms. The summed E-state index contributed by atoms with van der Waals surface area (Å²) < 4.78 is 7.25. The number of hydrogen-bond donors (Lipinski definition) is 3. The molecule has 0 unspecified atom stereocenters. The first-order valence-electron chi connectivity index (χ1n) is 6.03. The van der Waals surface area contributed by atoms with Crippen LogP contribution in [0.25, 0.3) is 5.70 Å². The molecule has 0 radical (unpaired) electrons. The molecule has 104 valence electrons. The predicted molar refractivity (Wildman–Crippen MR) is 70.9 cm³/mol. The number of ether oxygens (including phenoxy) is 1. The van der Waals surface area contributed by atoms with E-state index in [-0.39, 0.29) is 6.61 Å². The highest BCUT2D eigenvalue weighted by molar-refractivity contribution is 5.70. The summed E-state index contributed by atoms with van der Waals surface area (Å²) in [4.78, 5) is 8.37. The molecule has 0 spiro atoms. The van der Waals surface area contributed by atoms with Crippen LogP contribution in [0.3, 0.4) is 0 Å². The molecule has 7 nitrogen and oxygen atoms in total. The highest BCUT2D eigenvalue weighted by Gasteiger charge is 2.35. The molecule has 1 saturated heterocycles. The Labute approximate surface area is 111 Å². The fourth-order valence-electron chi connectivity index (χ4n) is 2.09. The quantitative estimate of drug-likeness (QED) is 0.674. The van der Waals surface area contributed by atoms with Crippen LogP contribution in [-0.2, 0) is 4.74 Å². The number of aromatic nitrogens is 2. The molecule has 0 amide bonds. The second-order valence-electron chi connectivity index (χ2n) is 4.35. The van der Waals surface area contributed by atoms with Crippen molar-refractivity contribution in [1.82, 2.24) is 9.55 Å². The number of nitrogens with two attached hydrogens (primary N) is 1. The molecule has 0 saturated carbocycles. The van der Waals surface area contributed by atoms with E-state index in [1.807, 2.05) is 0 Å². The van der Waals surface area contributed by atoms with Gasteiger partial charge in [0.1, 0.15) is 18.0 Å². The lowest BCUT2D eigenvalue weighted by molar-refractivity contribution is -0.0438. The number of nitrogens with zero attached hydrogens (tertiary/aromatic N) is 3. The maximum Gasteiger partial charge on any atom is 0.163 e. The van der Waals surface area contributed by atoms with Gasteiger partial charge in [-0.3, -0.25) is 4.57 Å². The zero-order valence-corrected chi connectivity index (χ0v) is 10.7. The molecule has 1 aromatic heterocycles. The Balaban J connectivity index is 2.33. The standard InChI is InChI=1S/C12H18N4O3/c1-3-14-12-11(7(2)13)15-6-16(12)10-4-8(18)9(5-17)19-10/h3,6,8-10,17-18H,2,4-5,13H2,1H3/b14-3-/t8-,9-,10-/m1/s1.